The summed E-state index contributed by atoms with van der Waals surface area (Å²) in [6.07, 6.45) is 1.90. The summed E-state index contributed by atoms with van der Waals surface area (Å²) in [4.78, 5) is 19.5. The van der Waals surface area contributed by atoms with E-state index in [0.717, 1.165) is 0 Å². The van der Waals surface area contributed by atoms with Gasteiger partial charge in [-0.1, -0.05) is 12.1 Å². The Bertz CT molecular complexity index is 983. The summed E-state index contributed by atoms with van der Waals surface area (Å²) >= 11 is 0. The number of anilines is 2. The topological polar surface area (TPSA) is 106 Å². The van der Waals surface area contributed by atoms with Crippen LogP contribution in [0.2, 0.25) is 0 Å². The number of amides is 1. The second kappa shape index (κ2) is 8.96. The van der Waals surface area contributed by atoms with Gasteiger partial charge in [0, 0.05) is 17.9 Å². The van der Waals surface area contributed by atoms with E-state index in [4.69, 9.17) is 14.7 Å². The molecule has 0 aliphatic rings. The Morgan fingerprint density at radius 2 is 2.04 bits per heavy atom. The Morgan fingerprint density at radius 3 is 2.79 bits per heavy atom. The highest BCUT2D eigenvalue weighted by Gasteiger charge is 2.13. The van der Waals surface area contributed by atoms with Crippen molar-refractivity contribution in [2.45, 2.75) is 12.8 Å². The molecule has 1 heterocycles. The molecule has 3 rings (SSSR count). The van der Waals surface area contributed by atoms with Gasteiger partial charge in [-0.3, -0.25) is 10.0 Å². The maximum atomic E-state index is 14.0. The molecule has 146 valence electrons. The number of nitrogens with one attached hydrogen (secondary N) is 2. The number of aromatic nitrogens is 2. The van der Waals surface area contributed by atoms with Gasteiger partial charge in [0.1, 0.15) is 18.0 Å². The van der Waals surface area contributed by atoms with E-state index in [9.17, 15) is 9.18 Å². The van der Waals surface area contributed by atoms with Crippen LogP contribution in [0.25, 0.3) is 10.9 Å². The molecule has 0 unspecified atom stereocenters. The Morgan fingerprint density at radius 1 is 1.21 bits per heavy atom. The number of ether oxygens (including phenoxy) is 2. The number of halogens is 1. The molecule has 1 amide bonds. The van der Waals surface area contributed by atoms with E-state index >= 15 is 0 Å². The average Bonchev–Trinajstić information content (AvgIpc) is 2.72. The summed E-state index contributed by atoms with van der Waals surface area (Å²) in [6.45, 7) is 0.235. The number of hydrogen-bond acceptors (Lipinski definition) is 7. The van der Waals surface area contributed by atoms with E-state index in [1.807, 2.05) is 0 Å². The lowest BCUT2D eigenvalue weighted by Gasteiger charge is -2.14. The fourth-order valence-electron chi connectivity index (χ4n) is 2.60. The first-order chi connectivity index (χ1) is 13.6. The number of para-hydroxylation sites is 1. The van der Waals surface area contributed by atoms with Crippen LogP contribution in [0.1, 0.15) is 12.8 Å². The van der Waals surface area contributed by atoms with Crippen LogP contribution in [0.15, 0.2) is 42.7 Å². The van der Waals surface area contributed by atoms with Crippen LogP contribution in [0.5, 0.6) is 11.5 Å². The molecule has 3 N–H and O–H groups in total. The smallest absolute Gasteiger partial charge is 0.243 e. The highest BCUT2D eigenvalue weighted by atomic mass is 19.1. The lowest BCUT2D eigenvalue weighted by Crippen LogP contribution is -2.18. The van der Waals surface area contributed by atoms with E-state index in [1.165, 1.54) is 19.5 Å². The Labute approximate surface area is 160 Å². The average molecular weight is 386 g/mol. The predicted octanol–water partition coefficient (Wildman–Crippen LogP) is 3.19. The first-order valence-electron chi connectivity index (χ1n) is 8.52. The Kier molecular flexibility index (Phi) is 6.18. The standard InChI is InChI=1S/C19H19FN4O4/c1-27-16-10-15-12(9-17(16)28-8-4-7-18(25)24-26)19(22-11-21-15)23-14-6-3-2-5-13(14)20/h2-3,5-6,9-11,26H,4,7-8H2,1H3,(H,24,25)(H,21,22,23). The fourth-order valence-corrected chi connectivity index (χ4v) is 2.60. The van der Waals surface area contributed by atoms with Crippen molar-refractivity contribution in [3.63, 3.8) is 0 Å². The van der Waals surface area contributed by atoms with Crippen LogP contribution in [-0.2, 0) is 4.79 Å². The lowest BCUT2D eigenvalue weighted by molar-refractivity contribution is -0.129. The van der Waals surface area contributed by atoms with Gasteiger partial charge in [-0.15, -0.1) is 0 Å². The maximum Gasteiger partial charge on any atom is 0.243 e. The summed E-state index contributed by atoms with van der Waals surface area (Å²) in [5.74, 6) is 0.433. The van der Waals surface area contributed by atoms with Crippen LogP contribution in [0.4, 0.5) is 15.9 Å². The summed E-state index contributed by atoms with van der Waals surface area (Å²) in [7, 11) is 1.51. The normalized spacial score (nSPS) is 10.5. The van der Waals surface area contributed by atoms with Crippen molar-refractivity contribution >= 4 is 28.3 Å². The molecule has 3 aromatic rings. The van der Waals surface area contributed by atoms with Crippen LogP contribution in [0, 0.1) is 5.82 Å². The molecule has 28 heavy (non-hydrogen) atoms. The van der Waals surface area contributed by atoms with Gasteiger partial charge in [-0.25, -0.2) is 19.8 Å². The van der Waals surface area contributed by atoms with Crippen molar-refractivity contribution in [1.82, 2.24) is 15.4 Å². The Hall–Kier alpha value is -3.46. The van der Waals surface area contributed by atoms with E-state index in [1.54, 1.807) is 35.8 Å². The Balaban J connectivity index is 1.87. The molecule has 1 aromatic heterocycles. The number of methoxy groups -OCH3 is 1. The first-order valence-corrected chi connectivity index (χ1v) is 8.52. The largest absolute Gasteiger partial charge is 0.493 e. The number of hydrogen-bond donors (Lipinski definition) is 3. The molecule has 0 aliphatic heterocycles. The van der Waals surface area contributed by atoms with Gasteiger partial charge in [-0.05, 0) is 24.6 Å². The zero-order valence-corrected chi connectivity index (χ0v) is 15.1. The second-order valence-electron chi connectivity index (χ2n) is 5.83. The van der Waals surface area contributed by atoms with Crippen molar-refractivity contribution in [3.05, 3.63) is 48.5 Å². The number of carbonyl (C=O) groups is 1. The van der Waals surface area contributed by atoms with Crippen molar-refractivity contribution in [1.29, 1.82) is 0 Å². The minimum atomic E-state index is -0.487. The molecular formula is C19H19FN4O4. The van der Waals surface area contributed by atoms with Crippen LogP contribution in [-0.4, -0.2) is 34.8 Å². The van der Waals surface area contributed by atoms with Crippen LogP contribution >= 0.6 is 0 Å². The quantitative estimate of drug-likeness (QED) is 0.310. The predicted molar refractivity (Wildman–Crippen MR) is 100 cm³/mol. The number of carbonyl (C=O) groups excluding carboxylic acids is 1. The van der Waals surface area contributed by atoms with Crippen molar-refractivity contribution < 1.29 is 23.9 Å². The molecule has 0 saturated heterocycles. The van der Waals surface area contributed by atoms with Crippen LogP contribution in [0.3, 0.4) is 0 Å². The molecule has 0 aliphatic carbocycles. The van der Waals surface area contributed by atoms with E-state index < -0.39 is 11.7 Å². The molecule has 0 spiro atoms. The zero-order chi connectivity index (χ0) is 19.9. The van der Waals surface area contributed by atoms with Crippen molar-refractivity contribution in [2.24, 2.45) is 0 Å². The minimum Gasteiger partial charge on any atom is -0.493 e. The van der Waals surface area contributed by atoms with Gasteiger partial charge in [0.05, 0.1) is 24.9 Å². The molecule has 8 nitrogen and oxygen atoms in total. The number of nitrogens with zero attached hydrogens (tertiary/aromatic N) is 2. The zero-order valence-electron chi connectivity index (χ0n) is 15.1. The van der Waals surface area contributed by atoms with Crippen molar-refractivity contribution in [2.75, 3.05) is 19.0 Å². The van der Waals surface area contributed by atoms with E-state index in [0.29, 0.717) is 34.6 Å². The third-order valence-corrected chi connectivity index (χ3v) is 3.98. The van der Waals surface area contributed by atoms with Gasteiger partial charge >= 0.3 is 0 Å². The van der Waals surface area contributed by atoms with Gasteiger partial charge < -0.3 is 14.8 Å². The van der Waals surface area contributed by atoms with Crippen molar-refractivity contribution in [3.8, 4) is 11.5 Å². The van der Waals surface area contributed by atoms with Gasteiger partial charge in [0.25, 0.3) is 0 Å². The summed E-state index contributed by atoms with van der Waals surface area (Å²) in [5, 5.41) is 12.1. The molecular weight excluding hydrogens is 367 g/mol. The van der Waals surface area contributed by atoms with E-state index in [-0.39, 0.29) is 18.7 Å². The van der Waals surface area contributed by atoms with Crippen LogP contribution < -0.4 is 20.3 Å². The number of rotatable bonds is 8. The number of benzene rings is 2. The first kappa shape index (κ1) is 19.3. The highest BCUT2D eigenvalue weighted by molar-refractivity contribution is 5.93. The lowest BCUT2D eigenvalue weighted by atomic mass is 10.2. The number of hydroxylamine groups is 1. The van der Waals surface area contributed by atoms with Gasteiger partial charge in [0.2, 0.25) is 5.91 Å². The third-order valence-electron chi connectivity index (χ3n) is 3.98. The molecule has 0 atom stereocenters. The maximum absolute atomic E-state index is 14.0. The minimum absolute atomic E-state index is 0.121. The third kappa shape index (κ3) is 4.44. The second-order valence-corrected chi connectivity index (χ2v) is 5.83. The SMILES string of the molecule is COc1cc2ncnc(Nc3ccccc3F)c2cc1OCCCC(=O)NO. The summed E-state index contributed by atoms with van der Waals surface area (Å²) in [6, 6.07) is 9.67. The molecule has 0 fully saturated rings. The molecule has 2 aromatic carbocycles. The van der Waals surface area contributed by atoms with Gasteiger partial charge in [-0.2, -0.15) is 0 Å². The summed E-state index contributed by atoms with van der Waals surface area (Å²) < 4.78 is 25.0. The molecule has 0 bridgehead atoms. The molecule has 9 heteroatoms. The monoisotopic (exact) mass is 386 g/mol. The van der Waals surface area contributed by atoms with Gasteiger partial charge in [0.15, 0.2) is 11.5 Å². The molecule has 0 saturated carbocycles. The fraction of sp³-hybridized carbons (Fsp3) is 0.211. The van der Waals surface area contributed by atoms with E-state index in [2.05, 4.69) is 15.3 Å². The number of fused-ring (bicyclic) bond motifs is 1. The summed E-state index contributed by atoms with van der Waals surface area (Å²) in [5.41, 5.74) is 2.45. The molecule has 0 radical (unpaired) electrons. The highest BCUT2D eigenvalue weighted by Crippen LogP contribution is 2.35.